The summed E-state index contributed by atoms with van der Waals surface area (Å²) in [4.78, 5) is 2.02. The second-order valence-corrected chi connectivity index (χ2v) is 10.3. The van der Waals surface area contributed by atoms with Gasteiger partial charge in [-0.15, -0.1) is 0 Å². The molecule has 10 heteroatoms. The normalized spacial score (nSPS) is 11.8. The van der Waals surface area contributed by atoms with E-state index in [9.17, 15) is 8.42 Å². The second-order valence-electron chi connectivity index (χ2n) is 6.75. The molecule has 0 fully saturated rings. The Labute approximate surface area is 192 Å². The molecular weight excluding hydrogens is 540 g/mol. The van der Waals surface area contributed by atoms with Gasteiger partial charge in [-0.2, -0.15) is 0 Å². The number of nitrogens with zero attached hydrogens (tertiary/aromatic N) is 2. The van der Waals surface area contributed by atoms with Gasteiger partial charge in [-0.05, 0) is 54.3 Å². The van der Waals surface area contributed by atoms with Crippen LogP contribution in [0.4, 0.5) is 0 Å². The summed E-state index contributed by atoms with van der Waals surface area (Å²) in [6.45, 7) is 1.11. The van der Waals surface area contributed by atoms with Crippen LogP contribution in [0.2, 0.25) is 0 Å². The molecular formula is C20H22Br2N2O5S. The number of fused-ring (bicyclic) bond motifs is 1. The van der Waals surface area contributed by atoms with Crippen LogP contribution in [0.25, 0.3) is 10.9 Å². The van der Waals surface area contributed by atoms with Crippen LogP contribution in [0.5, 0.6) is 17.2 Å². The van der Waals surface area contributed by atoms with Crippen molar-refractivity contribution in [2.45, 2.75) is 4.90 Å². The van der Waals surface area contributed by atoms with Gasteiger partial charge in [-0.1, -0.05) is 15.9 Å². The van der Waals surface area contributed by atoms with E-state index < -0.39 is 10.0 Å². The van der Waals surface area contributed by atoms with E-state index in [1.54, 1.807) is 18.2 Å². The predicted molar refractivity (Wildman–Crippen MR) is 124 cm³/mol. The lowest BCUT2D eigenvalue weighted by Crippen LogP contribution is -2.19. The number of hydrogen-bond donors (Lipinski definition) is 0. The molecule has 0 saturated heterocycles. The van der Waals surface area contributed by atoms with Crippen molar-refractivity contribution in [3.8, 4) is 17.2 Å². The Bertz CT molecular complexity index is 1180. The molecule has 0 aliphatic carbocycles. The Morgan fingerprint density at radius 3 is 2.40 bits per heavy atom. The molecule has 3 aromatic rings. The van der Waals surface area contributed by atoms with E-state index in [-0.39, 0.29) is 10.6 Å². The fraction of sp³-hybridized carbons (Fsp3) is 0.300. The number of benzene rings is 2. The van der Waals surface area contributed by atoms with Crippen molar-refractivity contribution in [3.05, 3.63) is 45.5 Å². The molecule has 0 N–H and O–H groups in total. The number of hydrogen-bond acceptors (Lipinski definition) is 6. The minimum absolute atomic E-state index is 0.0253. The summed E-state index contributed by atoms with van der Waals surface area (Å²) in [7, 11) is 2.83. The van der Waals surface area contributed by atoms with Gasteiger partial charge in [0.15, 0.2) is 0 Å². The molecule has 0 amide bonds. The van der Waals surface area contributed by atoms with Gasteiger partial charge in [0, 0.05) is 26.9 Å². The summed E-state index contributed by atoms with van der Waals surface area (Å²) in [5, 5.41) is 0.672. The molecule has 0 aliphatic heterocycles. The van der Waals surface area contributed by atoms with Crippen molar-refractivity contribution in [1.29, 1.82) is 0 Å². The van der Waals surface area contributed by atoms with Gasteiger partial charge < -0.3 is 19.1 Å². The maximum Gasteiger partial charge on any atom is 0.272 e. The third-order valence-electron chi connectivity index (χ3n) is 4.45. The van der Waals surface area contributed by atoms with Crippen LogP contribution in [0, 0.1) is 0 Å². The Kier molecular flexibility index (Phi) is 7.01. The molecule has 162 valence electrons. The molecule has 7 nitrogen and oxygen atoms in total. The number of methoxy groups -OCH3 is 2. The van der Waals surface area contributed by atoms with Gasteiger partial charge in [-0.25, -0.2) is 12.4 Å². The molecule has 30 heavy (non-hydrogen) atoms. The van der Waals surface area contributed by atoms with E-state index >= 15 is 0 Å². The maximum atomic E-state index is 13.6. The van der Waals surface area contributed by atoms with E-state index in [0.717, 1.165) is 4.47 Å². The minimum Gasteiger partial charge on any atom is -0.497 e. The van der Waals surface area contributed by atoms with Gasteiger partial charge in [0.05, 0.1) is 25.9 Å². The van der Waals surface area contributed by atoms with Crippen LogP contribution in [0.15, 0.2) is 50.4 Å². The molecule has 0 unspecified atom stereocenters. The lowest BCUT2D eigenvalue weighted by molar-refractivity contribution is 0.263. The third kappa shape index (κ3) is 4.46. The Morgan fingerprint density at radius 1 is 1.03 bits per heavy atom. The Hall–Kier alpha value is -1.75. The Balaban J connectivity index is 2.20. The van der Waals surface area contributed by atoms with Gasteiger partial charge in [-0.3, -0.25) is 0 Å². The van der Waals surface area contributed by atoms with Gasteiger partial charge in [0.25, 0.3) is 10.0 Å². The lowest BCUT2D eigenvalue weighted by atomic mass is 10.2. The molecule has 0 bridgehead atoms. The fourth-order valence-corrected chi connectivity index (χ4v) is 6.01. The average Bonchev–Trinajstić information content (AvgIpc) is 3.06. The summed E-state index contributed by atoms with van der Waals surface area (Å²) >= 11 is 6.96. The number of ether oxygens (including phenoxy) is 3. The summed E-state index contributed by atoms with van der Waals surface area (Å²) in [5.41, 5.74) is 0.482. The highest BCUT2D eigenvalue weighted by atomic mass is 79.9. The van der Waals surface area contributed by atoms with Gasteiger partial charge in [0.1, 0.15) is 28.8 Å². The quantitative estimate of drug-likeness (QED) is 0.407. The van der Waals surface area contributed by atoms with E-state index in [2.05, 4.69) is 31.9 Å². The highest BCUT2D eigenvalue weighted by molar-refractivity contribution is 9.11. The average molecular weight is 562 g/mol. The van der Waals surface area contributed by atoms with Crippen LogP contribution in [-0.2, 0) is 10.0 Å². The largest absolute Gasteiger partial charge is 0.497 e. The molecule has 0 atom stereocenters. The second kappa shape index (κ2) is 9.17. The van der Waals surface area contributed by atoms with Crippen molar-refractivity contribution in [1.82, 2.24) is 8.87 Å². The Morgan fingerprint density at radius 2 is 1.77 bits per heavy atom. The van der Waals surface area contributed by atoms with Crippen LogP contribution in [-0.4, -0.2) is 58.8 Å². The van der Waals surface area contributed by atoms with E-state index in [1.807, 2.05) is 25.1 Å². The predicted octanol–water partition coefficient (Wildman–Crippen LogP) is 4.36. The highest BCUT2D eigenvalue weighted by Gasteiger charge is 2.27. The summed E-state index contributed by atoms with van der Waals surface area (Å²) in [6, 6.07) is 8.23. The van der Waals surface area contributed by atoms with E-state index in [1.165, 1.54) is 30.5 Å². The molecule has 2 aromatic carbocycles. The first-order valence-electron chi connectivity index (χ1n) is 8.94. The monoisotopic (exact) mass is 560 g/mol. The van der Waals surface area contributed by atoms with Crippen molar-refractivity contribution in [2.24, 2.45) is 0 Å². The summed E-state index contributed by atoms with van der Waals surface area (Å²) in [5.74, 6) is 1.17. The van der Waals surface area contributed by atoms with E-state index in [4.69, 9.17) is 14.2 Å². The molecule has 0 spiro atoms. The number of halogens is 2. The lowest BCUT2D eigenvalue weighted by Gasteiger charge is -2.13. The van der Waals surface area contributed by atoms with Gasteiger partial charge >= 0.3 is 0 Å². The van der Waals surface area contributed by atoms with Crippen LogP contribution >= 0.6 is 31.9 Å². The summed E-state index contributed by atoms with van der Waals surface area (Å²) < 4.78 is 46.3. The highest BCUT2D eigenvalue weighted by Crippen LogP contribution is 2.39. The zero-order valence-corrected chi connectivity index (χ0v) is 21.0. The first kappa shape index (κ1) is 22.9. The SMILES string of the molecule is COc1ccc(S(=O)(=O)n2cc(OCCN(C)C)c3cc(Br)cc(Br)c32)c(OC)c1. The molecule has 1 aromatic heterocycles. The van der Waals surface area contributed by atoms with Gasteiger partial charge in [0.2, 0.25) is 0 Å². The standard InChI is InChI=1S/C20H22Br2N2O5S/c1-23(2)7-8-29-18-12-24(20-15(18)9-13(21)10-16(20)22)30(25,26)19-6-5-14(27-3)11-17(19)28-4/h5-6,9-12H,7-8H2,1-4H3. The van der Waals surface area contributed by atoms with Crippen molar-refractivity contribution in [2.75, 3.05) is 41.5 Å². The minimum atomic E-state index is -3.99. The van der Waals surface area contributed by atoms with Crippen molar-refractivity contribution in [3.63, 3.8) is 0 Å². The third-order valence-corrected chi connectivity index (χ3v) is 7.21. The topological polar surface area (TPSA) is 70.0 Å². The maximum absolute atomic E-state index is 13.6. The molecule has 0 aliphatic rings. The fourth-order valence-electron chi connectivity index (χ4n) is 2.96. The molecule has 1 heterocycles. The number of likely N-dealkylation sites (N-methyl/N-ethyl adjacent to an activating group) is 1. The first-order chi connectivity index (χ1) is 14.2. The first-order valence-corrected chi connectivity index (χ1v) is 12.0. The van der Waals surface area contributed by atoms with Crippen LogP contribution in [0.3, 0.4) is 0 Å². The zero-order chi connectivity index (χ0) is 22.1. The molecule has 0 saturated carbocycles. The molecule has 0 radical (unpaired) electrons. The number of aromatic nitrogens is 1. The van der Waals surface area contributed by atoms with E-state index in [0.29, 0.717) is 40.0 Å². The van der Waals surface area contributed by atoms with Crippen molar-refractivity contribution >= 4 is 52.8 Å². The summed E-state index contributed by atoms with van der Waals surface area (Å²) in [6.07, 6.45) is 1.50. The smallest absolute Gasteiger partial charge is 0.272 e. The number of rotatable bonds is 8. The van der Waals surface area contributed by atoms with Crippen molar-refractivity contribution < 1.29 is 22.6 Å². The van der Waals surface area contributed by atoms with Crippen LogP contribution in [0.1, 0.15) is 0 Å². The van der Waals surface area contributed by atoms with Crippen LogP contribution < -0.4 is 14.2 Å². The molecule has 3 rings (SSSR count). The zero-order valence-electron chi connectivity index (χ0n) is 17.0.